The molecule has 0 aliphatic heterocycles. The lowest BCUT2D eigenvalue weighted by atomic mass is 9.68. The highest BCUT2D eigenvalue weighted by Gasteiger charge is 2.39. The van der Waals surface area contributed by atoms with Gasteiger partial charge in [-0.05, 0) is 62.2 Å². The number of unbranched alkanes of at least 4 members (excludes halogenated alkanes) is 1. The number of alkyl halides is 3. The first-order chi connectivity index (χ1) is 18.0. The van der Waals surface area contributed by atoms with Gasteiger partial charge in [-0.15, -0.1) is 0 Å². The van der Waals surface area contributed by atoms with Gasteiger partial charge in [0.1, 0.15) is 22.9 Å². The third-order valence-corrected chi connectivity index (χ3v) is 8.32. The molecule has 0 bridgehead atoms. The highest BCUT2D eigenvalue weighted by Crippen LogP contribution is 2.48. The summed E-state index contributed by atoms with van der Waals surface area (Å²) >= 11 is 0. The van der Waals surface area contributed by atoms with E-state index >= 15 is 0 Å². The van der Waals surface area contributed by atoms with E-state index in [1.807, 2.05) is 0 Å². The molecule has 0 spiro atoms. The van der Waals surface area contributed by atoms with Crippen molar-refractivity contribution >= 4 is 0 Å². The molecule has 2 saturated carbocycles. The van der Waals surface area contributed by atoms with Crippen molar-refractivity contribution in [2.45, 2.75) is 89.6 Å². The monoisotopic (exact) mass is 547 g/mol. The molecule has 0 saturated heterocycles. The van der Waals surface area contributed by atoms with E-state index in [9.17, 15) is 35.1 Å². The van der Waals surface area contributed by atoms with Gasteiger partial charge >= 0.3 is 6.18 Å². The quantitative estimate of drug-likeness (QED) is 0.248. The molecule has 0 unspecified atom stereocenters. The van der Waals surface area contributed by atoms with Crippen LogP contribution >= 0.6 is 0 Å². The average Bonchev–Trinajstić information content (AvgIpc) is 2.85. The summed E-state index contributed by atoms with van der Waals surface area (Å²) in [4.78, 5) is 0. The molecular weight excluding hydrogens is 516 g/mol. The van der Waals surface area contributed by atoms with Crippen LogP contribution in [0.2, 0.25) is 0 Å². The summed E-state index contributed by atoms with van der Waals surface area (Å²) in [5, 5.41) is 0. The van der Waals surface area contributed by atoms with Crippen molar-refractivity contribution < 1.29 is 39.9 Å². The largest absolute Gasteiger partial charge is 0.454 e. The second-order valence-corrected chi connectivity index (χ2v) is 10.7. The van der Waals surface area contributed by atoms with E-state index in [0.29, 0.717) is 24.7 Å². The molecule has 1 radical (unpaired) electrons. The molecule has 0 N–H and O–H groups in total. The molecule has 209 valence electrons. The van der Waals surface area contributed by atoms with Crippen molar-refractivity contribution in [1.29, 1.82) is 0 Å². The second kappa shape index (κ2) is 11.8. The van der Waals surface area contributed by atoms with Crippen LogP contribution < -0.4 is 4.74 Å². The van der Waals surface area contributed by atoms with Crippen LogP contribution in [0.1, 0.15) is 94.6 Å². The van der Waals surface area contributed by atoms with Crippen LogP contribution in [0.3, 0.4) is 0 Å². The number of benzene rings is 2. The number of hydrogen-bond acceptors (Lipinski definition) is 1. The van der Waals surface area contributed by atoms with Crippen LogP contribution in [0.5, 0.6) is 11.5 Å². The maximum atomic E-state index is 15.0. The van der Waals surface area contributed by atoms with Gasteiger partial charge in [0.2, 0.25) is 0 Å². The lowest BCUT2D eigenvalue weighted by Gasteiger charge is -2.38. The fourth-order valence-electron chi connectivity index (χ4n) is 6.33. The molecule has 0 aromatic heterocycles. The van der Waals surface area contributed by atoms with Gasteiger partial charge in [-0.1, -0.05) is 39.0 Å². The Kier molecular flexibility index (Phi) is 8.92. The van der Waals surface area contributed by atoms with Gasteiger partial charge in [-0.3, -0.25) is 0 Å². The minimum absolute atomic E-state index is 0.240. The van der Waals surface area contributed by atoms with Gasteiger partial charge in [0.25, 0.3) is 0 Å². The first-order valence-corrected chi connectivity index (χ1v) is 13.3. The number of hydrogen-bond donors (Lipinski definition) is 0. The average molecular weight is 548 g/mol. The number of rotatable bonds is 7. The third kappa shape index (κ3) is 6.28. The molecule has 2 fully saturated rings. The molecular formula is C29H31F8O. The number of ether oxygens (including phenoxy) is 1. The van der Waals surface area contributed by atoms with Gasteiger partial charge in [0, 0.05) is 17.7 Å². The zero-order chi connectivity index (χ0) is 27.6. The fourth-order valence-corrected chi connectivity index (χ4v) is 6.33. The zero-order valence-electron chi connectivity index (χ0n) is 21.2. The molecule has 2 aliphatic carbocycles. The van der Waals surface area contributed by atoms with E-state index in [-0.39, 0.29) is 12.1 Å². The standard InChI is InChI=1S/C29H31F8O/c1-2-3-4-16-5-7-17(8-6-16)18-9-11-19(12-10-18)25-27(34)23(32)15-24(33)28(25)38-20-13-21(30)26(22(31)14-20)29(35,36)37/h13-14,16-19H,2-12H2,1H3/t16-,17-,18-,19-. The van der Waals surface area contributed by atoms with E-state index in [4.69, 9.17) is 4.74 Å². The summed E-state index contributed by atoms with van der Waals surface area (Å²) < 4.78 is 116. The van der Waals surface area contributed by atoms with Gasteiger partial charge in [-0.2, -0.15) is 13.2 Å². The predicted molar refractivity (Wildman–Crippen MR) is 126 cm³/mol. The molecule has 0 heterocycles. The Hall–Kier alpha value is -2.32. The third-order valence-electron chi connectivity index (χ3n) is 8.32. The van der Waals surface area contributed by atoms with Gasteiger partial charge < -0.3 is 4.74 Å². The smallest absolute Gasteiger partial charge is 0.422 e. The zero-order valence-corrected chi connectivity index (χ0v) is 21.2. The van der Waals surface area contributed by atoms with Crippen LogP contribution in [-0.4, -0.2) is 0 Å². The van der Waals surface area contributed by atoms with Crippen LogP contribution in [0.25, 0.3) is 0 Å². The van der Waals surface area contributed by atoms with E-state index in [2.05, 4.69) is 6.92 Å². The van der Waals surface area contributed by atoms with E-state index in [1.54, 1.807) is 6.07 Å². The Balaban J connectivity index is 1.51. The Morgan fingerprint density at radius 2 is 1.37 bits per heavy atom. The first-order valence-electron chi connectivity index (χ1n) is 13.3. The summed E-state index contributed by atoms with van der Waals surface area (Å²) in [5.41, 5.74) is -2.54. The fraction of sp³-hybridized carbons (Fsp3) is 0.586. The maximum Gasteiger partial charge on any atom is 0.422 e. The molecule has 1 nitrogen and oxygen atoms in total. The maximum absolute atomic E-state index is 15.0. The Bertz CT molecular complexity index is 1090. The highest BCUT2D eigenvalue weighted by atomic mass is 19.4. The normalized spacial score (nSPS) is 24.4. The molecule has 2 aromatic carbocycles. The molecule has 2 aromatic rings. The highest BCUT2D eigenvalue weighted by molar-refractivity contribution is 5.43. The van der Waals surface area contributed by atoms with Crippen LogP contribution in [-0.2, 0) is 6.18 Å². The SMILES string of the molecule is CCCC[C@H]1CC[C@H]([C@H]2CC[C@H](c3c(F)c(F)[c]c(F)c3Oc3cc(F)c(C(F)(F)F)c(F)c3)CC2)CC1. The van der Waals surface area contributed by atoms with Crippen LogP contribution in [0, 0.1) is 52.9 Å². The predicted octanol–water partition coefficient (Wildman–Crippen LogP) is 10.3. The summed E-state index contributed by atoms with van der Waals surface area (Å²) in [6.45, 7) is 2.19. The van der Waals surface area contributed by atoms with Crippen molar-refractivity contribution in [2.24, 2.45) is 17.8 Å². The first kappa shape index (κ1) is 28.7. The van der Waals surface area contributed by atoms with Crippen molar-refractivity contribution in [2.75, 3.05) is 0 Å². The van der Waals surface area contributed by atoms with Crippen LogP contribution in [0.4, 0.5) is 35.1 Å². The Morgan fingerprint density at radius 3 is 1.89 bits per heavy atom. The van der Waals surface area contributed by atoms with Gasteiger partial charge in [0.05, 0.1) is 6.07 Å². The Morgan fingerprint density at radius 1 is 0.816 bits per heavy atom. The van der Waals surface area contributed by atoms with E-state index in [0.717, 1.165) is 31.6 Å². The summed E-state index contributed by atoms with van der Waals surface area (Å²) in [6, 6.07) is 2.03. The molecule has 4 rings (SSSR count). The van der Waals surface area contributed by atoms with Crippen molar-refractivity contribution in [1.82, 2.24) is 0 Å². The molecule has 38 heavy (non-hydrogen) atoms. The molecule has 0 amide bonds. The molecule has 2 aliphatic rings. The van der Waals surface area contributed by atoms with Gasteiger partial charge in [-0.25, -0.2) is 22.0 Å². The van der Waals surface area contributed by atoms with Crippen LogP contribution in [0.15, 0.2) is 12.1 Å². The summed E-state index contributed by atoms with van der Waals surface area (Å²) in [6.07, 6.45) is 5.40. The lowest BCUT2D eigenvalue weighted by molar-refractivity contribution is -0.142. The summed E-state index contributed by atoms with van der Waals surface area (Å²) in [5.74, 6) is -8.78. The number of halogens is 8. The summed E-state index contributed by atoms with van der Waals surface area (Å²) in [7, 11) is 0. The van der Waals surface area contributed by atoms with Crippen molar-refractivity contribution in [3.05, 3.63) is 58.4 Å². The second-order valence-electron chi connectivity index (χ2n) is 10.7. The van der Waals surface area contributed by atoms with E-state index < -0.39 is 63.8 Å². The minimum atomic E-state index is -5.30. The topological polar surface area (TPSA) is 9.23 Å². The van der Waals surface area contributed by atoms with Gasteiger partial charge in [0.15, 0.2) is 23.2 Å². The molecule has 0 atom stereocenters. The molecule has 9 heteroatoms. The lowest BCUT2D eigenvalue weighted by Crippen LogP contribution is -2.26. The minimum Gasteiger partial charge on any atom is -0.454 e. The van der Waals surface area contributed by atoms with E-state index in [1.165, 1.54) is 32.1 Å². The van der Waals surface area contributed by atoms with Crippen molar-refractivity contribution in [3.63, 3.8) is 0 Å². The Labute approximate surface area is 217 Å². The van der Waals surface area contributed by atoms with Crippen molar-refractivity contribution in [3.8, 4) is 11.5 Å².